The van der Waals surface area contributed by atoms with Crippen LogP contribution in [0.2, 0.25) is 0 Å². The Morgan fingerprint density at radius 2 is 1.65 bits per heavy atom. The molecule has 0 aromatic carbocycles. The van der Waals surface area contributed by atoms with Gasteiger partial charge in [0.15, 0.2) is 0 Å². The van der Waals surface area contributed by atoms with Crippen molar-refractivity contribution in [3.63, 3.8) is 0 Å². The van der Waals surface area contributed by atoms with Gasteiger partial charge in [-0.1, -0.05) is 13.8 Å². The molecule has 4 saturated carbocycles. The fourth-order valence-electron chi connectivity index (χ4n) is 5.48. The standard InChI is InChI=1S/C17H29NO2/c1-11(2)3-15(10-19)18-16(20)17-7-12-4-13(8-17)6-14(5-12)9-17/h11-15,19H,3-10H2,1-2H3,(H,18,20). The van der Waals surface area contributed by atoms with Crippen LogP contribution in [0, 0.1) is 29.1 Å². The monoisotopic (exact) mass is 279 g/mol. The second-order valence-electron chi connectivity index (χ2n) is 8.18. The van der Waals surface area contributed by atoms with Gasteiger partial charge in [-0.05, 0) is 68.6 Å². The van der Waals surface area contributed by atoms with Crippen molar-refractivity contribution < 1.29 is 9.90 Å². The van der Waals surface area contributed by atoms with Gasteiger partial charge >= 0.3 is 0 Å². The molecule has 0 aromatic rings. The van der Waals surface area contributed by atoms with E-state index in [9.17, 15) is 9.90 Å². The average Bonchev–Trinajstić information content (AvgIpc) is 2.35. The Labute approximate surface area is 122 Å². The first kappa shape index (κ1) is 14.4. The fourth-order valence-corrected chi connectivity index (χ4v) is 5.48. The lowest BCUT2D eigenvalue weighted by atomic mass is 9.49. The molecule has 20 heavy (non-hydrogen) atoms. The highest BCUT2D eigenvalue weighted by Crippen LogP contribution is 2.60. The van der Waals surface area contributed by atoms with Gasteiger partial charge in [0.2, 0.25) is 5.91 Å². The van der Waals surface area contributed by atoms with E-state index >= 15 is 0 Å². The molecule has 4 bridgehead atoms. The summed E-state index contributed by atoms with van der Waals surface area (Å²) in [7, 11) is 0. The smallest absolute Gasteiger partial charge is 0.226 e. The van der Waals surface area contributed by atoms with Gasteiger partial charge in [0, 0.05) is 5.41 Å². The van der Waals surface area contributed by atoms with Crippen molar-refractivity contribution >= 4 is 5.91 Å². The van der Waals surface area contributed by atoms with Crippen LogP contribution in [0.1, 0.15) is 58.8 Å². The Bertz CT molecular complexity index is 342. The molecule has 3 heteroatoms. The van der Waals surface area contributed by atoms with Crippen LogP contribution < -0.4 is 5.32 Å². The SMILES string of the molecule is CC(C)CC(CO)NC(=O)C12CC3CC(CC(C3)C1)C2. The summed E-state index contributed by atoms with van der Waals surface area (Å²) >= 11 is 0. The van der Waals surface area contributed by atoms with Gasteiger partial charge in [-0.25, -0.2) is 0 Å². The Morgan fingerprint density at radius 3 is 2.05 bits per heavy atom. The van der Waals surface area contributed by atoms with E-state index in [1.54, 1.807) is 0 Å². The first-order chi connectivity index (χ1) is 9.50. The predicted octanol–water partition coefficient (Wildman–Crippen LogP) is 2.73. The molecule has 114 valence electrons. The van der Waals surface area contributed by atoms with E-state index in [4.69, 9.17) is 0 Å². The maximum Gasteiger partial charge on any atom is 0.226 e. The van der Waals surface area contributed by atoms with Crippen LogP contribution in [-0.2, 0) is 4.79 Å². The molecule has 1 unspecified atom stereocenters. The Hall–Kier alpha value is -0.570. The van der Waals surface area contributed by atoms with Gasteiger partial charge in [-0.2, -0.15) is 0 Å². The molecule has 4 fully saturated rings. The maximum atomic E-state index is 12.8. The summed E-state index contributed by atoms with van der Waals surface area (Å²) in [5, 5.41) is 12.7. The molecule has 4 rings (SSSR count). The van der Waals surface area contributed by atoms with Crippen LogP contribution in [0.3, 0.4) is 0 Å². The van der Waals surface area contributed by atoms with Crippen LogP contribution in [0.15, 0.2) is 0 Å². The van der Waals surface area contributed by atoms with E-state index in [0.29, 0.717) is 5.92 Å². The number of aliphatic hydroxyl groups excluding tert-OH is 1. The molecule has 0 saturated heterocycles. The molecule has 0 spiro atoms. The van der Waals surface area contributed by atoms with Crippen molar-refractivity contribution in [2.24, 2.45) is 29.1 Å². The number of carbonyl (C=O) groups excluding carboxylic acids is 1. The second-order valence-corrected chi connectivity index (χ2v) is 8.18. The summed E-state index contributed by atoms with van der Waals surface area (Å²) in [4.78, 5) is 12.8. The van der Waals surface area contributed by atoms with Gasteiger partial charge in [0.1, 0.15) is 0 Å². The highest BCUT2D eigenvalue weighted by atomic mass is 16.3. The third-order valence-corrected chi connectivity index (χ3v) is 5.83. The van der Waals surface area contributed by atoms with Gasteiger partial charge in [-0.3, -0.25) is 4.79 Å². The van der Waals surface area contributed by atoms with Gasteiger partial charge in [-0.15, -0.1) is 0 Å². The Kier molecular flexibility index (Phi) is 3.83. The summed E-state index contributed by atoms with van der Waals surface area (Å²) in [6, 6.07) is -0.0597. The van der Waals surface area contributed by atoms with Crippen molar-refractivity contribution in [2.75, 3.05) is 6.61 Å². The van der Waals surface area contributed by atoms with E-state index in [1.165, 1.54) is 19.3 Å². The average molecular weight is 279 g/mol. The van der Waals surface area contributed by atoms with Gasteiger partial charge < -0.3 is 10.4 Å². The first-order valence-corrected chi connectivity index (χ1v) is 8.42. The van der Waals surface area contributed by atoms with Crippen LogP contribution in [-0.4, -0.2) is 23.7 Å². The third kappa shape index (κ3) is 2.61. The molecule has 3 nitrogen and oxygen atoms in total. The molecule has 1 amide bonds. The zero-order valence-corrected chi connectivity index (χ0v) is 12.9. The number of carbonyl (C=O) groups is 1. The van der Waals surface area contributed by atoms with Crippen molar-refractivity contribution in [3.05, 3.63) is 0 Å². The van der Waals surface area contributed by atoms with E-state index in [0.717, 1.165) is 43.4 Å². The zero-order valence-electron chi connectivity index (χ0n) is 12.9. The normalized spacial score (nSPS) is 40.1. The lowest BCUT2D eigenvalue weighted by molar-refractivity contribution is -0.147. The van der Waals surface area contributed by atoms with Crippen molar-refractivity contribution in [2.45, 2.75) is 64.8 Å². The fraction of sp³-hybridized carbons (Fsp3) is 0.941. The molecule has 0 heterocycles. The third-order valence-electron chi connectivity index (χ3n) is 5.83. The minimum atomic E-state index is -0.0842. The zero-order chi connectivity index (χ0) is 14.3. The lowest BCUT2D eigenvalue weighted by Gasteiger charge is -2.55. The van der Waals surface area contributed by atoms with E-state index in [-0.39, 0.29) is 24.0 Å². The number of nitrogens with one attached hydrogen (secondary N) is 1. The second kappa shape index (κ2) is 5.32. The van der Waals surface area contributed by atoms with Crippen molar-refractivity contribution in [1.29, 1.82) is 0 Å². The summed E-state index contributed by atoms with van der Waals surface area (Å²) in [5.41, 5.74) is -0.0842. The van der Waals surface area contributed by atoms with Crippen molar-refractivity contribution in [3.8, 4) is 0 Å². The molecule has 0 aromatic heterocycles. The first-order valence-electron chi connectivity index (χ1n) is 8.42. The quantitative estimate of drug-likeness (QED) is 0.813. The molecule has 4 aliphatic carbocycles. The van der Waals surface area contributed by atoms with Crippen LogP contribution in [0.25, 0.3) is 0 Å². The Morgan fingerprint density at radius 1 is 1.15 bits per heavy atom. The number of amides is 1. The van der Waals surface area contributed by atoms with Crippen LogP contribution >= 0.6 is 0 Å². The molecule has 1 atom stereocenters. The topological polar surface area (TPSA) is 49.3 Å². The summed E-state index contributed by atoms with van der Waals surface area (Å²) in [6.45, 7) is 4.34. The summed E-state index contributed by atoms with van der Waals surface area (Å²) in [6.07, 6.45) is 8.26. The van der Waals surface area contributed by atoms with Crippen LogP contribution in [0.4, 0.5) is 0 Å². The molecule has 2 N–H and O–H groups in total. The molecule has 0 aliphatic heterocycles. The number of hydrogen-bond acceptors (Lipinski definition) is 2. The minimum Gasteiger partial charge on any atom is -0.394 e. The summed E-state index contributed by atoms with van der Waals surface area (Å²) < 4.78 is 0. The van der Waals surface area contributed by atoms with Crippen LogP contribution in [0.5, 0.6) is 0 Å². The highest BCUT2D eigenvalue weighted by molar-refractivity contribution is 5.83. The largest absolute Gasteiger partial charge is 0.394 e. The number of hydrogen-bond donors (Lipinski definition) is 2. The summed E-state index contributed by atoms with van der Waals surface area (Å²) in [5.74, 6) is 3.14. The lowest BCUT2D eigenvalue weighted by Crippen LogP contribution is -2.55. The molecular formula is C17H29NO2. The van der Waals surface area contributed by atoms with Gasteiger partial charge in [0.25, 0.3) is 0 Å². The van der Waals surface area contributed by atoms with Crippen molar-refractivity contribution in [1.82, 2.24) is 5.32 Å². The molecule has 0 radical (unpaired) electrons. The highest BCUT2D eigenvalue weighted by Gasteiger charge is 2.54. The molecular weight excluding hydrogens is 250 g/mol. The predicted molar refractivity (Wildman–Crippen MR) is 79.1 cm³/mol. The maximum absolute atomic E-state index is 12.8. The number of aliphatic hydroxyl groups is 1. The minimum absolute atomic E-state index is 0.0597. The van der Waals surface area contributed by atoms with E-state index in [1.807, 2.05) is 0 Å². The molecule has 4 aliphatic rings. The Balaban J connectivity index is 1.67. The van der Waals surface area contributed by atoms with Gasteiger partial charge in [0.05, 0.1) is 12.6 Å². The van der Waals surface area contributed by atoms with E-state index < -0.39 is 0 Å². The number of rotatable bonds is 5. The van der Waals surface area contributed by atoms with E-state index in [2.05, 4.69) is 19.2 Å².